The molecule has 0 aliphatic rings. The third-order valence-corrected chi connectivity index (χ3v) is 3.72. The second-order valence-corrected chi connectivity index (χ2v) is 5.55. The van der Waals surface area contributed by atoms with Gasteiger partial charge in [0.15, 0.2) is 0 Å². The van der Waals surface area contributed by atoms with Crippen LogP contribution in [0.25, 0.3) is 0 Å². The highest BCUT2D eigenvalue weighted by Crippen LogP contribution is 2.29. The minimum atomic E-state index is 0.115. The van der Waals surface area contributed by atoms with E-state index in [1.807, 2.05) is 6.07 Å². The van der Waals surface area contributed by atoms with Crippen LogP contribution in [0.15, 0.2) is 28.1 Å². The molecule has 0 spiro atoms. The van der Waals surface area contributed by atoms with E-state index in [2.05, 4.69) is 35.5 Å². The van der Waals surface area contributed by atoms with Crippen LogP contribution < -0.4 is 5.73 Å². The van der Waals surface area contributed by atoms with E-state index in [0.717, 1.165) is 16.6 Å². The Morgan fingerprint density at radius 2 is 2.38 bits per heavy atom. The van der Waals surface area contributed by atoms with E-state index in [-0.39, 0.29) is 6.04 Å². The van der Waals surface area contributed by atoms with Gasteiger partial charge in [0.25, 0.3) is 0 Å². The lowest BCUT2D eigenvalue weighted by Crippen LogP contribution is -2.08. The first-order valence-electron chi connectivity index (χ1n) is 4.31. The highest BCUT2D eigenvalue weighted by Gasteiger charge is 2.08. The van der Waals surface area contributed by atoms with Gasteiger partial charge in [0.1, 0.15) is 0 Å². The number of nitrogens with two attached hydrogens (primary N) is 1. The normalized spacial score (nSPS) is 12.8. The number of hydrogen-bond donors (Lipinski definition) is 1. The van der Waals surface area contributed by atoms with E-state index in [9.17, 15) is 0 Å². The monoisotopic (exact) mass is 259 g/mol. The van der Waals surface area contributed by atoms with E-state index in [1.165, 1.54) is 10.5 Å². The Morgan fingerprint density at radius 3 is 2.85 bits per heavy atom. The summed E-state index contributed by atoms with van der Waals surface area (Å²) in [7, 11) is 0. The molecule has 0 saturated carbocycles. The summed E-state index contributed by atoms with van der Waals surface area (Å²) in [4.78, 5) is 1.22. The van der Waals surface area contributed by atoms with Crippen molar-refractivity contribution in [1.82, 2.24) is 0 Å². The van der Waals surface area contributed by atoms with Gasteiger partial charge in [-0.2, -0.15) is 0 Å². The zero-order chi connectivity index (χ0) is 9.84. The topological polar surface area (TPSA) is 26.0 Å². The van der Waals surface area contributed by atoms with Crippen molar-refractivity contribution in [3.05, 3.63) is 32.9 Å². The Kier molecular flexibility index (Phi) is 4.16. The molecular weight excluding hydrogens is 246 g/mol. The van der Waals surface area contributed by atoms with Crippen LogP contribution in [0.4, 0.5) is 0 Å². The van der Waals surface area contributed by atoms with Gasteiger partial charge in [-0.3, -0.25) is 0 Å². The molecule has 1 aromatic heterocycles. The summed E-state index contributed by atoms with van der Waals surface area (Å²) in [6.07, 6.45) is 1.91. The first-order valence-corrected chi connectivity index (χ1v) is 5.92. The van der Waals surface area contributed by atoms with Crippen molar-refractivity contribution >= 4 is 27.3 Å². The molecule has 0 aliphatic heterocycles. The van der Waals surface area contributed by atoms with Crippen LogP contribution >= 0.6 is 27.3 Å². The summed E-state index contributed by atoms with van der Waals surface area (Å²) in [5.74, 6) is 0. The van der Waals surface area contributed by atoms with E-state index in [4.69, 9.17) is 5.73 Å². The summed E-state index contributed by atoms with van der Waals surface area (Å²) in [6, 6.07) is 4.22. The number of hydrogen-bond acceptors (Lipinski definition) is 2. The quantitative estimate of drug-likeness (QED) is 0.817. The number of rotatable bonds is 4. The lowest BCUT2D eigenvalue weighted by Gasteiger charge is -2.09. The van der Waals surface area contributed by atoms with Gasteiger partial charge in [0.05, 0.1) is 3.79 Å². The molecule has 1 atom stereocenters. The van der Waals surface area contributed by atoms with Crippen molar-refractivity contribution in [2.75, 3.05) is 0 Å². The van der Waals surface area contributed by atoms with Crippen LogP contribution in [-0.4, -0.2) is 0 Å². The smallest absolute Gasteiger partial charge is 0.0701 e. The Labute approximate surface area is 91.8 Å². The second-order valence-electron chi connectivity index (χ2n) is 3.06. The minimum Gasteiger partial charge on any atom is -0.323 e. The standard InChI is InChI=1S/C10H14BrNS/c1-3-7(2)6-8(12)9-4-5-10(11)13-9/h4-5,8H,2-3,6,12H2,1H3. The molecule has 0 aliphatic carbocycles. The molecule has 1 nitrogen and oxygen atoms in total. The van der Waals surface area contributed by atoms with Gasteiger partial charge in [-0.05, 0) is 40.9 Å². The average molecular weight is 260 g/mol. The third-order valence-electron chi connectivity index (χ3n) is 1.97. The zero-order valence-corrected chi connectivity index (χ0v) is 10.1. The fraction of sp³-hybridized carbons (Fsp3) is 0.400. The third kappa shape index (κ3) is 3.25. The van der Waals surface area contributed by atoms with Gasteiger partial charge in [-0.1, -0.05) is 19.1 Å². The van der Waals surface area contributed by atoms with E-state index in [1.54, 1.807) is 11.3 Å². The maximum absolute atomic E-state index is 6.01. The Morgan fingerprint density at radius 1 is 1.69 bits per heavy atom. The van der Waals surface area contributed by atoms with Gasteiger partial charge < -0.3 is 5.73 Å². The van der Waals surface area contributed by atoms with Crippen molar-refractivity contribution in [2.45, 2.75) is 25.8 Å². The minimum absolute atomic E-state index is 0.115. The molecule has 0 amide bonds. The SMILES string of the molecule is C=C(CC)CC(N)c1ccc(Br)s1. The summed E-state index contributed by atoms with van der Waals surface area (Å²) < 4.78 is 1.14. The van der Waals surface area contributed by atoms with Crippen LogP contribution in [0.1, 0.15) is 30.7 Å². The first kappa shape index (κ1) is 11.0. The molecule has 1 rings (SSSR count). The van der Waals surface area contributed by atoms with Crippen LogP contribution in [-0.2, 0) is 0 Å². The van der Waals surface area contributed by atoms with Crippen LogP contribution in [0, 0.1) is 0 Å². The number of halogens is 1. The fourth-order valence-electron chi connectivity index (χ4n) is 1.08. The maximum atomic E-state index is 6.01. The molecule has 72 valence electrons. The van der Waals surface area contributed by atoms with Gasteiger partial charge in [-0.25, -0.2) is 0 Å². The van der Waals surface area contributed by atoms with E-state index >= 15 is 0 Å². The first-order chi connectivity index (χ1) is 6.13. The molecular formula is C10H14BrNS. The Balaban J connectivity index is 2.58. The maximum Gasteiger partial charge on any atom is 0.0701 e. The van der Waals surface area contributed by atoms with Crippen molar-refractivity contribution in [2.24, 2.45) is 5.73 Å². The molecule has 3 heteroatoms. The number of thiophene rings is 1. The predicted octanol–water partition coefficient (Wildman–Crippen LogP) is 3.87. The fourth-order valence-corrected chi connectivity index (χ4v) is 2.51. The summed E-state index contributed by atoms with van der Waals surface area (Å²) in [5, 5.41) is 0. The second kappa shape index (κ2) is 4.94. The summed E-state index contributed by atoms with van der Waals surface area (Å²) in [5.41, 5.74) is 7.23. The highest BCUT2D eigenvalue weighted by molar-refractivity contribution is 9.11. The van der Waals surface area contributed by atoms with Crippen molar-refractivity contribution in [3.63, 3.8) is 0 Å². The van der Waals surface area contributed by atoms with Crippen molar-refractivity contribution in [1.29, 1.82) is 0 Å². The lowest BCUT2D eigenvalue weighted by atomic mass is 10.1. The molecule has 0 radical (unpaired) electrons. The lowest BCUT2D eigenvalue weighted by molar-refractivity contribution is 0.714. The van der Waals surface area contributed by atoms with E-state index in [0.29, 0.717) is 0 Å². The summed E-state index contributed by atoms with van der Waals surface area (Å²) in [6.45, 7) is 6.07. The van der Waals surface area contributed by atoms with Gasteiger partial charge >= 0.3 is 0 Å². The van der Waals surface area contributed by atoms with Crippen LogP contribution in [0.3, 0.4) is 0 Å². The largest absolute Gasteiger partial charge is 0.323 e. The molecule has 1 heterocycles. The van der Waals surface area contributed by atoms with Gasteiger partial charge in [0.2, 0.25) is 0 Å². The molecule has 0 aromatic carbocycles. The van der Waals surface area contributed by atoms with Gasteiger partial charge in [0, 0.05) is 10.9 Å². The van der Waals surface area contributed by atoms with Crippen molar-refractivity contribution < 1.29 is 0 Å². The summed E-state index contributed by atoms with van der Waals surface area (Å²) >= 11 is 5.12. The molecule has 2 N–H and O–H groups in total. The van der Waals surface area contributed by atoms with E-state index < -0.39 is 0 Å². The zero-order valence-electron chi connectivity index (χ0n) is 7.72. The molecule has 0 bridgehead atoms. The molecule has 0 saturated heterocycles. The highest BCUT2D eigenvalue weighted by atomic mass is 79.9. The van der Waals surface area contributed by atoms with Crippen LogP contribution in [0.2, 0.25) is 0 Å². The molecule has 1 unspecified atom stereocenters. The average Bonchev–Trinajstić information content (AvgIpc) is 2.51. The predicted molar refractivity (Wildman–Crippen MR) is 63.0 cm³/mol. The molecule has 1 aromatic rings. The van der Waals surface area contributed by atoms with Gasteiger partial charge in [-0.15, -0.1) is 11.3 Å². The Hall–Kier alpha value is -0.120. The Bertz CT molecular complexity index is 293. The van der Waals surface area contributed by atoms with Crippen LogP contribution in [0.5, 0.6) is 0 Å². The molecule has 0 fully saturated rings. The molecule has 13 heavy (non-hydrogen) atoms. The van der Waals surface area contributed by atoms with Crippen molar-refractivity contribution in [3.8, 4) is 0 Å².